The summed E-state index contributed by atoms with van der Waals surface area (Å²) in [6.45, 7) is 4.89. The number of carbonyl (C=O) groups is 2. The third kappa shape index (κ3) is 7.52. The number of sulfonamides is 1. The zero-order valence-electron chi connectivity index (χ0n) is 23.5. The summed E-state index contributed by atoms with van der Waals surface area (Å²) in [5.74, 6) is -0.851. The number of hydrogen-bond donors (Lipinski definition) is 2. The molecule has 1 heterocycles. The summed E-state index contributed by atoms with van der Waals surface area (Å²) in [6.07, 6.45) is 1.94. The van der Waals surface area contributed by atoms with Crippen LogP contribution in [0.15, 0.2) is 94.9 Å². The summed E-state index contributed by atoms with van der Waals surface area (Å²) in [5.41, 5.74) is 7.31. The molecule has 0 aliphatic carbocycles. The molecule has 0 fully saturated rings. The van der Waals surface area contributed by atoms with Crippen LogP contribution >= 0.6 is 11.6 Å². The maximum absolute atomic E-state index is 13.6. The van der Waals surface area contributed by atoms with Gasteiger partial charge in [0, 0.05) is 36.1 Å². The number of benzene rings is 3. The average molecular weight is 606 g/mol. The minimum Gasteiger partial charge on any atom is -0.326 e. The lowest BCUT2D eigenvalue weighted by Crippen LogP contribution is -2.40. The minimum atomic E-state index is -4.04. The average Bonchev–Trinajstić information content (AvgIpc) is 3.24. The third-order valence-corrected chi connectivity index (χ3v) is 8.76. The van der Waals surface area contributed by atoms with E-state index in [9.17, 15) is 18.0 Å². The van der Waals surface area contributed by atoms with Crippen LogP contribution in [0.4, 0.5) is 5.69 Å². The third-order valence-electron chi connectivity index (χ3n) is 6.58. The van der Waals surface area contributed by atoms with Gasteiger partial charge in [-0.1, -0.05) is 54.1 Å². The number of rotatable bonds is 11. The van der Waals surface area contributed by atoms with Crippen molar-refractivity contribution < 1.29 is 18.0 Å². The number of carbonyl (C=O) groups excluding carboxylic acids is 2. The minimum absolute atomic E-state index is 0.00739. The first-order valence-corrected chi connectivity index (χ1v) is 15.1. The lowest BCUT2D eigenvalue weighted by molar-refractivity contribution is -0.121. The van der Waals surface area contributed by atoms with Crippen molar-refractivity contribution in [1.82, 2.24) is 14.3 Å². The van der Waals surface area contributed by atoms with Crippen molar-refractivity contribution in [2.45, 2.75) is 32.1 Å². The number of amides is 2. The molecule has 0 bridgehead atoms. The number of aryl methyl sites for hydroxylation is 1. The lowest BCUT2D eigenvalue weighted by Gasteiger charge is -2.21. The standard InChI is InChI=1S/C31H32ClN5O4S/c1-22-19-26(23(2)37(22)30-12-8-7-11-29(30)32)20-33-35-31(39)21-36(18-17-25-9-5-4-6-10-25)42(40,41)28-15-13-27(14-16-28)34-24(3)38/h4-16,19-20H,17-18,21H2,1-3H3,(H,34,38)(H,35,39)/b33-20+. The van der Waals surface area contributed by atoms with Gasteiger partial charge in [0.1, 0.15) is 0 Å². The van der Waals surface area contributed by atoms with Crippen LogP contribution in [-0.2, 0) is 26.0 Å². The second-order valence-electron chi connectivity index (χ2n) is 9.69. The summed E-state index contributed by atoms with van der Waals surface area (Å²) >= 11 is 6.40. The molecule has 9 nitrogen and oxygen atoms in total. The quantitative estimate of drug-likeness (QED) is 0.183. The molecule has 42 heavy (non-hydrogen) atoms. The van der Waals surface area contributed by atoms with Gasteiger partial charge in [0.2, 0.25) is 15.9 Å². The van der Waals surface area contributed by atoms with E-state index in [0.29, 0.717) is 17.1 Å². The summed E-state index contributed by atoms with van der Waals surface area (Å²) in [4.78, 5) is 24.3. The topological polar surface area (TPSA) is 113 Å². The van der Waals surface area contributed by atoms with Gasteiger partial charge in [-0.3, -0.25) is 9.59 Å². The van der Waals surface area contributed by atoms with Crippen LogP contribution < -0.4 is 10.7 Å². The number of aromatic nitrogens is 1. The lowest BCUT2D eigenvalue weighted by atomic mass is 10.1. The molecule has 0 atom stereocenters. The summed E-state index contributed by atoms with van der Waals surface area (Å²) in [6, 6.07) is 24.7. The predicted octanol–water partition coefficient (Wildman–Crippen LogP) is 5.09. The van der Waals surface area contributed by atoms with Gasteiger partial charge in [0.05, 0.1) is 28.4 Å². The fourth-order valence-electron chi connectivity index (χ4n) is 4.54. The molecule has 1 aromatic heterocycles. The van der Waals surface area contributed by atoms with Gasteiger partial charge in [-0.15, -0.1) is 0 Å². The van der Waals surface area contributed by atoms with Crippen molar-refractivity contribution in [3.63, 3.8) is 0 Å². The van der Waals surface area contributed by atoms with Gasteiger partial charge >= 0.3 is 0 Å². The van der Waals surface area contributed by atoms with Crippen molar-refractivity contribution in [3.8, 4) is 5.69 Å². The maximum Gasteiger partial charge on any atom is 0.255 e. The Balaban J connectivity index is 1.50. The molecular formula is C31H32ClN5O4S. The number of nitrogens with zero attached hydrogens (tertiary/aromatic N) is 3. The van der Waals surface area contributed by atoms with E-state index in [1.165, 1.54) is 37.4 Å². The maximum atomic E-state index is 13.6. The SMILES string of the molecule is CC(=O)Nc1ccc(S(=O)(=O)N(CCc2ccccc2)CC(=O)N/N=C/c2cc(C)n(-c3ccccc3Cl)c2C)cc1. The Morgan fingerprint density at radius 2 is 1.64 bits per heavy atom. The highest BCUT2D eigenvalue weighted by atomic mass is 35.5. The zero-order valence-corrected chi connectivity index (χ0v) is 25.1. The Labute approximate surface area is 250 Å². The normalized spacial score (nSPS) is 11.6. The Bertz CT molecular complexity index is 1700. The molecule has 0 saturated heterocycles. The van der Waals surface area contributed by atoms with E-state index in [-0.39, 0.29) is 17.3 Å². The van der Waals surface area contributed by atoms with Crippen molar-refractivity contribution in [1.29, 1.82) is 0 Å². The van der Waals surface area contributed by atoms with Gasteiger partial charge in [-0.25, -0.2) is 13.8 Å². The van der Waals surface area contributed by atoms with Crippen molar-refractivity contribution >= 4 is 45.3 Å². The number of anilines is 1. The molecule has 3 aromatic carbocycles. The molecule has 0 spiro atoms. The Hall–Kier alpha value is -4.25. The smallest absolute Gasteiger partial charge is 0.255 e. The van der Waals surface area contributed by atoms with Crippen LogP contribution in [0, 0.1) is 13.8 Å². The highest BCUT2D eigenvalue weighted by molar-refractivity contribution is 7.89. The van der Waals surface area contributed by atoms with Crippen LogP contribution in [0.1, 0.15) is 29.4 Å². The molecule has 0 saturated carbocycles. The number of nitrogens with one attached hydrogen (secondary N) is 2. The van der Waals surface area contributed by atoms with Gasteiger partial charge in [-0.2, -0.15) is 9.41 Å². The summed E-state index contributed by atoms with van der Waals surface area (Å²) in [7, 11) is -4.04. The van der Waals surface area contributed by atoms with Gasteiger partial charge in [-0.05, 0) is 68.3 Å². The highest BCUT2D eigenvalue weighted by Gasteiger charge is 2.26. The molecule has 4 aromatic rings. The van der Waals surface area contributed by atoms with E-state index in [1.54, 1.807) is 0 Å². The number of para-hydroxylation sites is 1. The Morgan fingerprint density at radius 1 is 0.976 bits per heavy atom. The predicted molar refractivity (Wildman–Crippen MR) is 166 cm³/mol. The first-order valence-electron chi connectivity index (χ1n) is 13.2. The number of hydrogen-bond acceptors (Lipinski definition) is 5. The fraction of sp³-hybridized carbons (Fsp3) is 0.194. The molecule has 0 radical (unpaired) electrons. The second kappa shape index (κ2) is 13.6. The van der Waals surface area contributed by atoms with Crippen molar-refractivity contribution in [2.75, 3.05) is 18.4 Å². The zero-order chi connectivity index (χ0) is 30.3. The van der Waals surface area contributed by atoms with Gasteiger partial charge in [0.15, 0.2) is 0 Å². The van der Waals surface area contributed by atoms with E-state index in [2.05, 4.69) is 15.8 Å². The van der Waals surface area contributed by atoms with Crippen LogP contribution in [-0.4, -0.2) is 48.4 Å². The number of hydrazone groups is 1. The van der Waals surface area contributed by atoms with Crippen molar-refractivity contribution in [2.24, 2.45) is 5.10 Å². The van der Waals surface area contributed by atoms with Crippen LogP contribution in [0.3, 0.4) is 0 Å². The van der Waals surface area contributed by atoms with E-state index in [4.69, 9.17) is 11.6 Å². The van der Waals surface area contributed by atoms with Gasteiger partial charge in [0.25, 0.3) is 5.91 Å². The molecule has 218 valence electrons. The van der Waals surface area contributed by atoms with E-state index < -0.39 is 22.5 Å². The summed E-state index contributed by atoms with van der Waals surface area (Å²) in [5, 5.41) is 7.33. The molecule has 0 aliphatic heterocycles. The van der Waals surface area contributed by atoms with E-state index >= 15 is 0 Å². The van der Waals surface area contributed by atoms with E-state index in [1.807, 2.05) is 79.1 Å². The van der Waals surface area contributed by atoms with Crippen LogP contribution in [0.5, 0.6) is 0 Å². The largest absolute Gasteiger partial charge is 0.326 e. The van der Waals surface area contributed by atoms with Crippen LogP contribution in [0.2, 0.25) is 5.02 Å². The monoisotopic (exact) mass is 605 g/mol. The van der Waals surface area contributed by atoms with Crippen LogP contribution in [0.25, 0.3) is 5.69 Å². The molecule has 2 amide bonds. The summed E-state index contributed by atoms with van der Waals surface area (Å²) < 4.78 is 30.3. The Kier molecular flexibility index (Phi) is 9.95. The molecule has 0 aliphatic rings. The fourth-order valence-corrected chi connectivity index (χ4v) is 6.15. The van der Waals surface area contributed by atoms with Gasteiger partial charge < -0.3 is 9.88 Å². The Morgan fingerprint density at radius 3 is 2.31 bits per heavy atom. The van der Waals surface area contributed by atoms with E-state index in [0.717, 1.165) is 32.5 Å². The first-order chi connectivity index (χ1) is 20.1. The second-order valence-corrected chi connectivity index (χ2v) is 12.0. The van der Waals surface area contributed by atoms with Crippen molar-refractivity contribution in [3.05, 3.63) is 112 Å². The molecule has 11 heteroatoms. The number of halogens is 1. The highest BCUT2D eigenvalue weighted by Crippen LogP contribution is 2.25. The molecule has 4 rings (SSSR count). The molecule has 0 unspecified atom stereocenters. The molecular weight excluding hydrogens is 574 g/mol. The first kappa shape index (κ1) is 30.7. The molecule has 2 N–H and O–H groups in total.